The summed E-state index contributed by atoms with van der Waals surface area (Å²) in [7, 11) is 0. The predicted octanol–water partition coefficient (Wildman–Crippen LogP) is 1.84. The van der Waals surface area contributed by atoms with Gasteiger partial charge in [-0.25, -0.2) is 15.6 Å². The summed E-state index contributed by atoms with van der Waals surface area (Å²) in [6.07, 6.45) is 5.16. The predicted molar refractivity (Wildman–Crippen MR) is 59.6 cm³/mol. The van der Waals surface area contributed by atoms with E-state index >= 15 is 0 Å². The van der Waals surface area contributed by atoms with Gasteiger partial charge in [0.05, 0.1) is 0 Å². The zero-order valence-corrected chi connectivity index (χ0v) is 9.00. The van der Waals surface area contributed by atoms with E-state index in [0.29, 0.717) is 5.82 Å². The van der Waals surface area contributed by atoms with Crippen molar-refractivity contribution in [3.8, 4) is 0 Å². The topological polar surface area (TPSA) is 68.5 Å². The molecule has 0 unspecified atom stereocenters. The molecule has 1 heterocycles. The SMILES string of the molecule is NN(C(=O)OC1CCCC1)c1ccccn1. The molecule has 1 aromatic heterocycles. The van der Waals surface area contributed by atoms with Gasteiger partial charge in [0.1, 0.15) is 6.10 Å². The number of pyridine rings is 1. The third-order valence-electron chi connectivity index (χ3n) is 2.66. The van der Waals surface area contributed by atoms with E-state index in [9.17, 15) is 4.79 Å². The van der Waals surface area contributed by atoms with Crippen LogP contribution in [0.3, 0.4) is 0 Å². The maximum absolute atomic E-state index is 11.6. The molecule has 0 aliphatic heterocycles. The van der Waals surface area contributed by atoms with Crippen LogP contribution in [0.1, 0.15) is 25.7 Å². The molecule has 1 aromatic rings. The first-order valence-electron chi connectivity index (χ1n) is 5.44. The number of amides is 1. The molecule has 1 amide bonds. The van der Waals surface area contributed by atoms with Gasteiger partial charge in [0, 0.05) is 6.20 Å². The van der Waals surface area contributed by atoms with Crippen LogP contribution in [0, 0.1) is 0 Å². The van der Waals surface area contributed by atoms with Crippen LogP contribution in [0.4, 0.5) is 10.6 Å². The molecule has 5 nitrogen and oxygen atoms in total. The highest BCUT2D eigenvalue weighted by atomic mass is 16.6. The fourth-order valence-electron chi connectivity index (χ4n) is 1.80. The highest BCUT2D eigenvalue weighted by Crippen LogP contribution is 2.21. The Kier molecular flexibility index (Phi) is 3.36. The van der Waals surface area contributed by atoms with Gasteiger partial charge in [0.25, 0.3) is 0 Å². The standard InChI is InChI=1S/C11H15N3O2/c12-14(10-7-3-4-8-13-10)11(15)16-9-5-1-2-6-9/h3-4,7-9H,1-2,5-6,12H2. The lowest BCUT2D eigenvalue weighted by Crippen LogP contribution is -2.40. The smallest absolute Gasteiger partial charge is 0.430 e. The molecule has 0 bridgehead atoms. The van der Waals surface area contributed by atoms with Crippen molar-refractivity contribution >= 4 is 11.9 Å². The van der Waals surface area contributed by atoms with Gasteiger partial charge in [-0.2, -0.15) is 5.01 Å². The number of hydrogen-bond donors (Lipinski definition) is 1. The van der Waals surface area contributed by atoms with Gasteiger partial charge in [-0.05, 0) is 37.8 Å². The quantitative estimate of drug-likeness (QED) is 0.470. The molecule has 0 saturated heterocycles. The second kappa shape index (κ2) is 4.94. The van der Waals surface area contributed by atoms with E-state index in [2.05, 4.69) is 4.98 Å². The molecule has 1 aliphatic carbocycles. The summed E-state index contributed by atoms with van der Waals surface area (Å²) in [6, 6.07) is 5.20. The minimum Gasteiger partial charge on any atom is -0.445 e. The molecule has 16 heavy (non-hydrogen) atoms. The average Bonchev–Trinajstić information content (AvgIpc) is 2.82. The van der Waals surface area contributed by atoms with E-state index in [0.717, 1.165) is 30.7 Å². The van der Waals surface area contributed by atoms with Crippen molar-refractivity contribution in [3.63, 3.8) is 0 Å². The lowest BCUT2D eigenvalue weighted by atomic mass is 10.3. The summed E-state index contributed by atoms with van der Waals surface area (Å²) >= 11 is 0. The van der Waals surface area contributed by atoms with Gasteiger partial charge in [0.2, 0.25) is 0 Å². The van der Waals surface area contributed by atoms with E-state index in [1.165, 1.54) is 0 Å². The molecule has 1 aliphatic rings. The largest absolute Gasteiger partial charge is 0.445 e. The summed E-state index contributed by atoms with van der Waals surface area (Å²) in [4.78, 5) is 15.6. The number of nitrogens with two attached hydrogens (primary N) is 1. The Balaban J connectivity index is 1.94. The number of nitrogens with zero attached hydrogens (tertiary/aromatic N) is 2. The molecule has 0 spiro atoms. The van der Waals surface area contributed by atoms with Crippen LogP contribution in [0.15, 0.2) is 24.4 Å². The molecule has 0 aromatic carbocycles. The van der Waals surface area contributed by atoms with Gasteiger partial charge in [-0.15, -0.1) is 0 Å². The van der Waals surface area contributed by atoms with Crippen molar-refractivity contribution in [2.75, 3.05) is 5.01 Å². The summed E-state index contributed by atoms with van der Waals surface area (Å²) in [5, 5.41) is 0.943. The summed E-state index contributed by atoms with van der Waals surface area (Å²) in [6.45, 7) is 0. The van der Waals surface area contributed by atoms with E-state index < -0.39 is 6.09 Å². The van der Waals surface area contributed by atoms with Crippen molar-refractivity contribution in [3.05, 3.63) is 24.4 Å². The molecule has 1 fully saturated rings. The molecule has 5 heteroatoms. The number of carbonyl (C=O) groups excluding carboxylic acids is 1. The normalized spacial score (nSPS) is 16.1. The zero-order chi connectivity index (χ0) is 11.4. The van der Waals surface area contributed by atoms with E-state index in [4.69, 9.17) is 10.6 Å². The Morgan fingerprint density at radius 1 is 1.44 bits per heavy atom. The molecule has 0 radical (unpaired) electrons. The third-order valence-corrected chi connectivity index (χ3v) is 2.66. The van der Waals surface area contributed by atoms with Gasteiger partial charge in [-0.1, -0.05) is 6.07 Å². The van der Waals surface area contributed by atoms with Crippen molar-refractivity contribution in [2.45, 2.75) is 31.8 Å². The number of ether oxygens (including phenoxy) is 1. The molecular weight excluding hydrogens is 206 g/mol. The highest BCUT2D eigenvalue weighted by Gasteiger charge is 2.22. The number of anilines is 1. The van der Waals surface area contributed by atoms with Crippen LogP contribution in [-0.2, 0) is 4.74 Å². The van der Waals surface area contributed by atoms with Gasteiger partial charge < -0.3 is 4.74 Å². The van der Waals surface area contributed by atoms with Crippen molar-refractivity contribution in [2.24, 2.45) is 5.84 Å². The van der Waals surface area contributed by atoms with Crippen molar-refractivity contribution in [1.29, 1.82) is 0 Å². The Labute approximate surface area is 94.2 Å². The lowest BCUT2D eigenvalue weighted by molar-refractivity contribution is 0.107. The van der Waals surface area contributed by atoms with Gasteiger partial charge >= 0.3 is 6.09 Å². The fourth-order valence-corrected chi connectivity index (χ4v) is 1.80. The van der Waals surface area contributed by atoms with Crippen LogP contribution in [0.5, 0.6) is 0 Å². The minimum absolute atomic E-state index is 0.0160. The van der Waals surface area contributed by atoms with Crippen molar-refractivity contribution < 1.29 is 9.53 Å². The Hall–Kier alpha value is -1.62. The second-order valence-electron chi connectivity index (χ2n) is 3.85. The minimum atomic E-state index is -0.536. The summed E-state index contributed by atoms with van der Waals surface area (Å²) in [5.41, 5.74) is 0. The van der Waals surface area contributed by atoms with Gasteiger partial charge in [0.15, 0.2) is 5.82 Å². The first kappa shape index (κ1) is 10.9. The number of rotatable bonds is 2. The highest BCUT2D eigenvalue weighted by molar-refractivity contribution is 5.84. The van der Waals surface area contributed by atoms with E-state index in [1.54, 1.807) is 24.4 Å². The van der Waals surface area contributed by atoms with Crippen LogP contribution >= 0.6 is 0 Å². The first-order valence-corrected chi connectivity index (χ1v) is 5.44. The third kappa shape index (κ3) is 2.49. The van der Waals surface area contributed by atoms with Crippen molar-refractivity contribution in [1.82, 2.24) is 4.98 Å². The van der Waals surface area contributed by atoms with Gasteiger partial charge in [-0.3, -0.25) is 0 Å². The number of carbonyl (C=O) groups is 1. The first-order chi connectivity index (χ1) is 7.77. The Bertz CT molecular complexity index is 350. The summed E-state index contributed by atoms with van der Waals surface area (Å²) in [5.74, 6) is 6.01. The van der Waals surface area contributed by atoms with Crippen LogP contribution in [0.2, 0.25) is 0 Å². The van der Waals surface area contributed by atoms with E-state index in [-0.39, 0.29) is 6.10 Å². The number of hydrogen-bond acceptors (Lipinski definition) is 4. The average molecular weight is 221 g/mol. The van der Waals surface area contributed by atoms with Crippen LogP contribution in [0.25, 0.3) is 0 Å². The second-order valence-corrected chi connectivity index (χ2v) is 3.85. The maximum atomic E-state index is 11.6. The van der Waals surface area contributed by atoms with Crippen LogP contribution in [-0.4, -0.2) is 17.2 Å². The fraction of sp³-hybridized carbons (Fsp3) is 0.455. The summed E-state index contributed by atoms with van der Waals surface area (Å²) < 4.78 is 5.25. The maximum Gasteiger partial charge on any atom is 0.430 e. The molecule has 1 saturated carbocycles. The lowest BCUT2D eigenvalue weighted by Gasteiger charge is -2.18. The number of hydrazine groups is 1. The molecule has 2 N–H and O–H groups in total. The molecular formula is C11H15N3O2. The monoisotopic (exact) mass is 221 g/mol. The van der Waals surface area contributed by atoms with Crippen LogP contribution < -0.4 is 10.9 Å². The zero-order valence-electron chi connectivity index (χ0n) is 9.00. The van der Waals surface area contributed by atoms with E-state index in [1.807, 2.05) is 0 Å². The number of aromatic nitrogens is 1. The Morgan fingerprint density at radius 2 is 2.19 bits per heavy atom. The molecule has 86 valence electrons. The molecule has 0 atom stereocenters. The Morgan fingerprint density at radius 3 is 2.81 bits per heavy atom. The molecule has 2 rings (SSSR count).